The van der Waals surface area contributed by atoms with Crippen molar-refractivity contribution in [2.24, 2.45) is 0 Å². The first-order valence-corrected chi connectivity index (χ1v) is 23.6. The smallest absolute Gasteiger partial charge is 0.0654 e. The Labute approximate surface area is 262 Å². The molecule has 0 aliphatic heterocycles. The Balaban J connectivity index is 3.89. The minimum Gasteiger partial charge on any atom is -0.0654 e. The van der Waals surface area contributed by atoms with Gasteiger partial charge in [-0.2, -0.15) is 0 Å². The van der Waals surface area contributed by atoms with Gasteiger partial charge in [0.25, 0.3) is 0 Å². The molecule has 0 N–H and O–H groups in total. The average Bonchev–Trinajstić information content (AvgIpc) is 2.97. The van der Waals surface area contributed by atoms with Crippen molar-refractivity contribution >= 4 is 14.7 Å². The Morgan fingerprint density at radius 2 is 0.350 bits per heavy atom. The van der Waals surface area contributed by atoms with Crippen LogP contribution in [-0.4, -0.2) is 14.7 Å². The van der Waals surface area contributed by atoms with E-state index in [1.165, 1.54) is 193 Å². The van der Waals surface area contributed by atoms with Crippen molar-refractivity contribution in [2.75, 3.05) is 0 Å². The summed E-state index contributed by atoms with van der Waals surface area (Å²) < 4.78 is 0. The zero-order chi connectivity index (χ0) is 29.0. The summed E-state index contributed by atoms with van der Waals surface area (Å²) in [6.07, 6.45) is 49.3. The SMILES string of the molecule is CCCCCCCCCCCCC[As](CCCCCCCCCCCCC)CCCCCCCCCCCCC. The van der Waals surface area contributed by atoms with Crippen molar-refractivity contribution in [2.45, 2.75) is 248 Å². The van der Waals surface area contributed by atoms with Gasteiger partial charge >= 0.3 is 242 Å². The van der Waals surface area contributed by atoms with Crippen LogP contribution in [0.5, 0.6) is 0 Å². The molecular formula is C39H81As. The van der Waals surface area contributed by atoms with E-state index in [1.807, 2.05) is 0 Å². The van der Waals surface area contributed by atoms with Crippen molar-refractivity contribution in [1.82, 2.24) is 0 Å². The van der Waals surface area contributed by atoms with Crippen LogP contribution in [0, 0.1) is 0 Å². The first kappa shape index (κ1) is 40.6. The molecule has 0 unspecified atom stereocenters. The third-order valence-corrected chi connectivity index (χ3v) is 15.2. The number of hydrogen-bond donors (Lipinski definition) is 0. The van der Waals surface area contributed by atoms with Gasteiger partial charge in [-0.3, -0.25) is 0 Å². The van der Waals surface area contributed by atoms with Crippen LogP contribution in [0.15, 0.2) is 0 Å². The fourth-order valence-corrected chi connectivity index (χ4v) is 12.0. The van der Waals surface area contributed by atoms with E-state index in [0.29, 0.717) is 0 Å². The summed E-state index contributed by atoms with van der Waals surface area (Å²) in [5, 5.41) is 5.04. The van der Waals surface area contributed by atoms with Gasteiger partial charge in [0, 0.05) is 0 Å². The first-order valence-electron chi connectivity index (χ1n) is 19.6. The standard InChI is InChI=1S/C39H81As/c1-4-7-10-13-16-19-22-25-28-31-34-37-40(38-35-32-29-26-23-20-17-14-11-8-5-2)39-36-33-30-27-24-21-18-15-12-9-6-3/h4-39H2,1-3H3. The van der Waals surface area contributed by atoms with Gasteiger partial charge in [-0.05, 0) is 0 Å². The number of unbranched alkanes of at least 4 members (excludes halogenated alkanes) is 30. The molecule has 0 saturated carbocycles. The van der Waals surface area contributed by atoms with E-state index in [-0.39, 0.29) is 0 Å². The maximum absolute atomic E-state index is 2.32. The van der Waals surface area contributed by atoms with Gasteiger partial charge < -0.3 is 0 Å². The van der Waals surface area contributed by atoms with Crippen LogP contribution in [0.2, 0.25) is 15.6 Å². The molecule has 0 aromatic carbocycles. The van der Waals surface area contributed by atoms with Crippen molar-refractivity contribution < 1.29 is 0 Å². The van der Waals surface area contributed by atoms with Crippen molar-refractivity contribution in [1.29, 1.82) is 0 Å². The van der Waals surface area contributed by atoms with E-state index in [4.69, 9.17) is 0 Å². The first-order chi connectivity index (χ1) is 19.8. The molecule has 0 nitrogen and oxygen atoms in total. The molecule has 0 aromatic heterocycles. The number of rotatable bonds is 36. The van der Waals surface area contributed by atoms with Crippen LogP contribution < -0.4 is 0 Å². The summed E-state index contributed by atoms with van der Waals surface area (Å²) in [6, 6.07) is 0. The predicted octanol–water partition coefficient (Wildman–Crippen LogP) is 15.4. The van der Waals surface area contributed by atoms with Crippen molar-refractivity contribution in [3.8, 4) is 0 Å². The Kier molecular flexibility index (Phi) is 38.1. The number of hydrogen-bond acceptors (Lipinski definition) is 0. The predicted molar refractivity (Wildman–Crippen MR) is 190 cm³/mol. The van der Waals surface area contributed by atoms with E-state index < -0.39 is 14.7 Å². The molecule has 0 saturated heterocycles. The van der Waals surface area contributed by atoms with E-state index >= 15 is 0 Å². The second-order valence-electron chi connectivity index (χ2n) is 13.4. The quantitative estimate of drug-likeness (QED) is 0.0480. The zero-order valence-corrected chi connectivity index (χ0v) is 30.8. The molecule has 0 radical (unpaired) electrons. The fraction of sp³-hybridized carbons (Fsp3) is 1.00. The zero-order valence-electron chi connectivity index (χ0n) is 28.9. The molecule has 0 heterocycles. The Morgan fingerprint density at radius 1 is 0.200 bits per heavy atom. The van der Waals surface area contributed by atoms with Gasteiger partial charge in [-0.25, -0.2) is 0 Å². The normalized spacial score (nSPS) is 11.7. The van der Waals surface area contributed by atoms with Crippen LogP contribution in [0.25, 0.3) is 0 Å². The Hall–Kier alpha value is 0.558. The van der Waals surface area contributed by atoms with Crippen LogP contribution >= 0.6 is 0 Å². The molecule has 0 fully saturated rings. The molecule has 0 spiro atoms. The third-order valence-electron chi connectivity index (χ3n) is 9.23. The maximum atomic E-state index is 2.32. The Bertz CT molecular complexity index is 357. The third kappa shape index (κ3) is 34.8. The molecule has 0 atom stereocenters. The van der Waals surface area contributed by atoms with Crippen molar-refractivity contribution in [3.05, 3.63) is 0 Å². The van der Waals surface area contributed by atoms with Gasteiger partial charge in [-0.15, -0.1) is 0 Å². The van der Waals surface area contributed by atoms with E-state index in [9.17, 15) is 0 Å². The minimum absolute atomic E-state index is 0.554. The second kappa shape index (κ2) is 37.6. The monoisotopic (exact) mass is 625 g/mol. The fourth-order valence-electron chi connectivity index (χ4n) is 6.33. The topological polar surface area (TPSA) is 0 Å². The van der Waals surface area contributed by atoms with Crippen molar-refractivity contribution in [3.63, 3.8) is 0 Å². The summed E-state index contributed by atoms with van der Waals surface area (Å²) in [5.74, 6) is 0. The molecule has 0 amide bonds. The molecule has 242 valence electrons. The van der Waals surface area contributed by atoms with Gasteiger partial charge in [-0.1, -0.05) is 20.8 Å². The van der Waals surface area contributed by atoms with Gasteiger partial charge in [0.05, 0.1) is 0 Å². The molecule has 40 heavy (non-hydrogen) atoms. The van der Waals surface area contributed by atoms with E-state index in [0.717, 1.165) is 0 Å². The average molecular weight is 625 g/mol. The summed E-state index contributed by atoms with van der Waals surface area (Å²) in [5.41, 5.74) is 0. The Morgan fingerprint density at radius 3 is 0.525 bits per heavy atom. The van der Waals surface area contributed by atoms with Crippen LogP contribution in [0.1, 0.15) is 233 Å². The van der Waals surface area contributed by atoms with Gasteiger partial charge in [0.1, 0.15) is 0 Å². The minimum atomic E-state index is -0.554. The molecule has 0 rings (SSSR count). The van der Waals surface area contributed by atoms with Gasteiger partial charge in [0.2, 0.25) is 0 Å². The summed E-state index contributed by atoms with van der Waals surface area (Å²) in [6.45, 7) is 6.97. The molecule has 1 heteroatoms. The van der Waals surface area contributed by atoms with Crippen LogP contribution in [0.4, 0.5) is 0 Å². The molecule has 0 aromatic rings. The summed E-state index contributed by atoms with van der Waals surface area (Å²) in [7, 11) is 0. The second-order valence-corrected chi connectivity index (χ2v) is 19.1. The molecule has 0 aliphatic rings. The summed E-state index contributed by atoms with van der Waals surface area (Å²) >= 11 is -0.554. The van der Waals surface area contributed by atoms with E-state index in [2.05, 4.69) is 20.8 Å². The van der Waals surface area contributed by atoms with Crippen LogP contribution in [0.3, 0.4) is 0 Å². The van der Waals surface area contributed by atoms with E-state index in [1.54, 1.807) is 34.9 Å². The molecule has 0 aliphatic carbocycles. The molecular weight excluding hydrogens is 543 g/mol. The molecule has 0 bridgehead atoms. The van der Waals surface area contributed by atoms with Gasteiger partial charge in [0.15, 0.2) is 0 Å². The van der Waals surface area contributed by atoms with Crippen LogP contribution in [-0.2, 0) is 0 Å². The summed E-state index contributed by atoms with van der Waals surface area (Å²) in [4.78, 5) is 0.